The van der Waals surface area contributed by atoms with Crippen molar-refractivity contribution < 1.29 is 9.53 Å². The Morgan fingerprint density at radius 3 is 2.74 bits per heavy atom. The molecule has 4 nitrogen and oxygen atoms in total. The number of carbonyl (C=O) groups is 1. The fraction of sp³-hybridized carbons (Fsp3) is 0.933. The zero-order chi connectivity index (χ0) is 13.8. The lowest BCUT2D eigenvalue weighted by Crippen LogP contribution is -2.46. The van der Waals surface area contributed by atoms with Gasteiger partial charge in [0.25, 0.3) is 0 Å². The van der Waals surface area contributed by atoms with Gasteiger partial charge in [0, 0.05) is 25.2 Å². The number of likely N-dealkylation sites (N-methyl/N-ethyl adjacent to an activating group) is 1. The van der Waals surface area contributed by atoms with Gasteiger partial charge in [-0.25, -0.2) is 0 Å². The van der Waals surface area contributed by atoms with Crippen LogP contribution in [0.1, 0.15) is 45.4 Å². The van der Waals surface area contributed by atoms with E-state index in [1.807, 2.05) is 0 Å². The number of esters is 1. The van der Waals surface area contributed by atoms with Gasteiger partial charge in [-0.3, -0.25) is 14.6 Å². The van der Waals surface area contributed by atoms with Crippen molar-refractivity contribution in [3.8, 4) is 0 Å². The number of methoxy groups -OCH3 is 1. The van der Waals surface area contributed by atoms with Crippen LogP contribution in [0.25, 0.3) is 0 Å². The van der Waals surface area contributed by atoms with Crippen LogP contribution < -0.4 is 0 Å². The van der Waals surface area contributed by atoms with Crippen LogP contribution in [0.5, 0.6) is 0 Å². The molecule has 2 aliphatic rings. The highest BCUT2D eigenvalue weighted by atomic mass is 16.5. The number of unbranched alkanes of at least 4 members (excludes halogenated alkanes) is 1. The average Bonchev–Trinajstić information content (AvgIpc) is 2.65. The molecular formula is C15H28N2O2. The summed E-state index contributed by atoms with van der Waals surface area (Å²) in [6.07, 6.45) is 6.95. The molecule has 2 aliphatic heterocycles. The van der Waals surface area contributed by atoms with Crippen LogP contribution in [-0.4, -0.2) is 61.1 Å². The summed E-state index contributed by atoms with van der Waals surface area (Å²) in [6.45, 7) is 4.23. The molecule has 0 amide bonds. The molecule has 0 aromatic carbocycles. The predicted molar refractivity (Wildman–Crippen MR) is 76.1 cm³/mol. The number of fused-ring (bicyclic) bond motifs is 2. The molecule has 19 heavy (non-hydrogen) atoms. The molecule has 0 saturated carbocycles. The minimum atomic E-state index is -0.0473. The average molecular weight is 268 g/mol. The maximum atomic E-state index is 12.0. The van der Waals surface area contributed by atoms with E-state index in [4.69, 9.17) is 4.74 Å². The molecule has 0 aromatic heterocycles. The van der Waals surface area contributed by atoms with Crippen LogP contribution in [0.4, 0.5) is 0 Å². The van der Waals surface area contributed by atoms with Gasteiger partial charge in [0.1, 0.15) is 6.04 Å². The summed E-state index contributed by atoms with van der Waals surface area (Å²) in [5, 5.41) is 0. The number of nitrogens with zero attached hydrogens (tertiary/aromatic N) is 2. The first kappa shape index (κ1) is 14.8. The van der Waals surface area contributed by atoms with Gasteiger partial charge in [0.15, 0.2) is 0 Å². The molecule has 0 radical (unpaired) electrons. The highest BCUT2D eigenvalue weighted by Gasteiger charge is 2.38. The molecular weight excluding hydrogens is 240 g/mol. The third-order valence-electron chi connectivity index (χ3n) is 4.92. The smallest absolute Gasteiger partial charge is 0.323 e. The Hall–Kier alpha value is -0.610. The number of hydrogen-bond acceptors (Lipinski definition) is 4. The SMILES string of the molecule is CCCCC(C(=O)OC)N1CCC2CCC(C1)N2C. The van der Waals surface area contributed by atoms with Crippen molar-refractivity contribution in [3.05, 3.63) is 0 Å². The van der Waals surface area contributed by atoms with E-state index >= 15 is 0 Å². The molecule has 2 rings (SSSR count). The molecule has 2 saturated heterocycles. The summed E-state index contributed by atoms with van der Waals surface area (Å²) in [4.78, 5) is 16.9. The number of likely N-dealkylation sites (tertiary alicyclic amines) is 1. The van der Waals surface area contributed by atoms with E-state index in [9.17, 15) is 4.79 Å². The molecule has 110 valence electrons. The van der Waals surface area contributed by atoms with Crippen molar-refractivity contribution in [2.24, 2.45) is 0 Å². The van der Waals surface area contributed by atoms with E-state index in [1.54, 1.807) is 0 Å². The van der Waals surface area contributed by atoms with Gasteiger partial charge in [-0.1, -0.05) is 19.8 Å². The summed E-state index contributed by atoms with van der Waals surface area (Å²) in [6, 6.07) is 1.32. The second-order valence-electron chi connectivity index (χ2n) is 6.02. The largest absolute Gasteiger partial charge is 0.468 e. The van der Waals surface area contributed by atoms with Gasteiger partial charge >= 0.3 is 5.97 Å². The second-order valence-corrected chi connectivity index (χ2v) is 6.02. The second kappa shape index (κ2) is 6.71. The normalized spacial score (nSPS) is 30.1. The molecule has 2 fully saturated rings. The lowest BCUT2D eigenvalue weighted by molar-refractivity contribution is -0.147. The Balaban J connectivity index is 2.02. The molecule has 2 heterocycles. The Morgan fingerprint density at radius 2 is 2.05 bits per heavy atom. The first-order chi connectivity index (χ1) is 9.17. The van der Waals surface area contributed by atoms with E-state index in [2.05, 4.69) is 23.8 Å². The Labute approximate surface area is 117 Å². The maximum Gasteiger partial charge on any atom is 0.323 e. The van der Waals surface area contributed by atoms with Gasteiger partial charge < -0.3 is 4.74 Å². The summed E-state index contributed by atoms with van der Waals surface area (Å²) in [5.74, 6) is -0.0473. The lowest BCUT2D eigenvalue weighted by atomic mass is 10.0. The highest BCUT2D eigenvalue weighted by molar-refractivity contribution is 5.75. The molecule has 2 bridgehead atoms. The molecule has 3 atom stereocenters. The topological polar surface area (TPSA) is 32.8 Å². The van der Waals surface area contributed by atoms with Crippen LogP contribution in [0.2, 0.25) is 0 Å². The molecule has 0 spiro atoms. The molecule has 0 aliphatic carbocycles. The van der Waals surface area contributed by atoms with Crippen molar-refractivity contribution in [2.75, 3.05) is 27.2 Å². The highest BCUT2D eigenvalue weighted by Crippen LogP contribution is 2.30. The molecule has 0 aromatic rings. The quantitative estimate of drug-likeness (QED) is 0.713. The monoisotopic (exact) mass is 268 g/mol. The number of ether oxygens (including phenoxy) is 1. The van der Waals surface area contributed by atoms with Gasteiger partial charge in [0.05, 0.1) is 7.11 Å². The standard InChI is InChI=1S/C15H28N2O2/c1-4-5-6-14(15(18)19-3)17-10-9-12-7-8-13(11-17)16(12)2/h12-14H,4-11H2,1-3H3. The third kappa shape index (κ3) is 3.29. The lowest BCUT2D eigenvalue weighted by Gasteiger charge is -2.31. The van der Waals surface area contributed by atoms with E-state index in [1.165, 1.54) is 26.4 Å². The summed E-state index contributed by atoms with van der Waals surface area (Å²) >= 11 is 0. The Morgan fingerprint density at radius 1 is 1.32 bits per heavy atom. The van der Waals surface area contributed by atoms with Gasteiger partial charge in [-0.2, -0.15) is 0 Å². The third-order valence-corrected chi connectivity index (χ3v) is 4.92. The van der Waals surface area contributed by atoms with Crippen molar-refractivity contribution in [3.63, 3.8) is 0 Å². The Bertz CT molecular complexity index is 309. The van der Waals surface area contributed by atoms with Gasteiger partial charge in [-0.05, 0) is 32.7 Å². The van der Waals surface area contributed by atoms with Gasteiger partial charge in [0.2, 0.25) is 0 Å². The van der Waals surface area contributed by atoms with Crippen LogP contribution in [-0.2, 0) is 9.53 Å². The first-order valence-electron chi connectivity index (χ1n) is 7.71. The van der Waals surface area contributed by atoms with Crippen molar-refractivity contribution in [1.82, 2.24) is 9.80 Å². The van der Waals surface area contributed by atoms with E-state index in [0.717, 1.165) is 38.4 Å². The van der Waals surface area contributed by atoms with Crippen molar-refractivity contribution >= 4 is 5.97 Å². The van der Waals surface area contributed by atoms with Crippen LogP contribution in [0.15, 0.2) is 0 Å². The number of carbonyl (C=O) groups excluding carboxylic acids is 1. The fourth-order valence-electron chi connectivity index (χ4n) is 3.60. The molecule has 0 N–H and O–H groups in total. The first-order valence-corrected chi connectivity index (χ1v) is 7.71. The molecule has 3 unspecified atom stereocenters. The molecule has 4 heteroatoms. The van der Waals surface area contributed by atoms with E-state index in [-0.39, 0.29) is 12.0 Å². The van der Waals surface area contributed by atoms with Crippen LogP contribution in [0.3, 0.4) is 0 Å². The number of rotatable bonds is 5. The van der Waals surface area contributed by atoms with Crippen molar-refractivity contribution in [2.45, 2.75) is 63.6 Å². The summed E-state index contributed by atoms with van der Waals surface area (Å²) in [7, 11) is 3.75. The zero-order valence-electron chi connectivity index (χ0n) is 12.6. The summed E-state index contributed by atoms with van der Waals surface area (Å²) < 4.78 is 5.02. The summed E-state index contributed by atoms with van der Waals surface area (Å²) in [5.41, 5.74) is 0. The zero-order valence-corrected chi connectivity index (χ0v) is 12.6. The van der Waals surface area contributed by atoms with Crippen LogP contribution >= 0.6 is 0 Å². The predicted octanol–water partition coefficient (Wildman–Crippen LogP) is 1.89. The minimum Gasteiger partial charge on any atom is -0.468 e. The van der Waals surface area contributed by atoms with Crippen LogP contribution in [0, 0.1) is 0 Å². The fourth-order valence-corrected chi connectivity index (χ4v) is 3.60. The van der Waals surface area contributed by atoms with Gasteiger partial charge in [-0.15, -0.1) is 0 Å². The van der Waals surface area contributed by atoms with E-state index < -0.39 is 0 Å². The van der Waals surface area contributed by atoms with E-state index in [0.29, 0.717) is 6.04 Å². The number of hydrogen-bond donors (Lipinski definition) is 0. The van der Waals surface area contributed by atoms with Crippen molar-refractivity contribution in [1.29, 1.82) is 0 Å². The Kier molecular flexibility index (Phi) is 5.22. The minimum absolute atomic E-state index is 0.0299. The maximum absolute atomic E-state index is 12.0.